The summed E-state index contributed by atoms with van der Waals surface area (Å²) < 4.78 is 0. The molecule has 1 aromatic rings. The molecule has 0 bridgehead atoms. The molecule has 0 amide bonds. The molecule has 1 N–H and O–H groups in total. The summed E-state index contributed by atoms with van der Waals surface area (Å²) in [4.78, 5) is 0. The molecule has 0 aliphatic heterocycles. The summed E-state index contributed by atoms with van der Waals surface area (Å²) in [5.74, 6) is 0. The van der Waals surface area contributed by atoms with Crippen molar-refractivity contribution in [3.63, 3.8) is 0 Å². The van der Waals surface area contributed by atoms with Gasteiger partial charge in [0.1, 0.15) is 0 Å². The largest absolute Gasteiger partial charge is 0.317 e. The van der Waals surface area contributed by atoms with Crippen molar-refractivity contribution in [2.75, 3.05) is 13.1 Å². The maximum atomic E-state index is 3.45. The third-order valence-corrected chi connectivity index (χ3v) is 3.32. The molecule has 0 fully saturated rings. The molecule has 0 saturated heterocycles. The number of nitrogens with one attached hydrogen (secondary N) is 1. The van der Waals surface area contributed by atoms with Crippen LogP contribution >= 0.6 is 0 Å². The fourth-order valence-corrected chi connectivity index (χ4v) is 2.02. The molecule has 0 aliphatic rings. The fraction of sp³-hybridized carbons (Fsp3) is 0.625. The normalized spacial score (nSPS) is 10.8. The number of aryl methyl sites for hydroxylation is 3. The molecule has 0 unspecified atom stereocenters. The smallest absolute Gasteiger partial charge is 0.00489 e. The van der Waals surface area contributed by atoms with E-state index in [2.05, 4.69) is 44.3 Å². The highest BCUT2D eigenvalue weighted by Gasteiger charge is 1.97. The van der Waals surface area contributed by atoms with Crippen LogP contribution in [0.3, 0.4) is 0 Å². The minimum absolute atomic E-state index is 1.16. The van der Waals surface area contributed by atoms with Gasteiger partial charge in [0.05, 0.1) is 0 Å². The maximum Gasteiger partial charge on any atom is -0.00489 e. The topological polar surface area (TPSA) is 12.0 Å². The molecular weight excluding hydrogens is 206 g/mol. The lowest BCUT2D eigenvalue weighted by molar-refractivity contribution is 0.599. The van der Waals surface area contributed by atoms with Gasteiger partial charge in [-0.25, -0.2) is 0 Å². The second-order valence-electron chi connectivity index (χ2n) is 4.98. The van der Waals surface area contributed by atoms with Gasteiger partial charge in [-0.15, -0.1) is 0 Å². The molecule has 0 aliphatic carbocycles. The Hall–Kier alpha value is -0.820. The van der Waals surface area contributed by atoms with Crippen molar-refractivity contribution in [2.24, 2.45) is 0 Å². The molecule has 1 nitrogen and oxygen atoms in total. The van der Waals surface area contributed by atoms with Crippen molar-refractivity contribution in [1.82, 2.24) is 5.32 Å². The average Bonchev–Trinajstić information content (AvgIpc) is 2.32. The SMILES string of the molecule is CCCNCCCCCc1ccc(C)c(C)c1. The standard InChI is InChI=1S/C16H27N/c1-4-11-17-12-7-5-6-8-16-10-9-14(2)15(3)13-16/h9-10,13,17H,4-8,11-12H2,1-3H3. The number of hydrogen-bond acceptors (Lipinski definition) is 1. The minimum Gasteiger partial charge on any atom is -0.317 e. The number of rotatable bonds is 8. The monoisotopic (exact) mass is 233 g/mol. The molecule has 0 radical (unpaired) electrons. The van der Waals surface area contributed by atoms with Crippen molar-refractivity contribution in [2.45, 2.75) is 52.9 Å². The Morgan fingerprint density at radius 3 is 2.47 bits per heavy atom. The van der Waals surface area contributed by atoms with E-state index < -0.39 is 0 Å². The summed E-state index contributed by atoms with van der Waals surface area (Å²) in [5.41, 5.74) is 4.32. The number of benzene rings is 1. The lowest BCUT2D eigenvalue weighted by Crippen LogP contribution is -2.15. The van der Waals surface area contributed by atoms with Crippen LogP contribution in [0.15, 0.2) is 18.2 Å². The second-order valence-corrected chi connectivity index (χ2v) is 4.98. The molecule has 96 valence electrons. The summed E-state index contributed by atoms with van der Waals surface area (Å²) in [6, 6.07) is 6.86. The Balaban J connectivity index is 2.11. The van der Waals surface area contributed by atoms with Crippen LogP contribution in [0.25, 0.3) is 0 Å². The molecule has 0 heterocycles. The minimum atomic E-state index is 1.16. The van der Waals surface area contributed by atoms with E-state index in [0.29, 0.717) is 0 Å². The van der Waals surface area contributed by atoms with Crippen LogP contribution in [0.5, 0.6) is 0 Å². The molecule has 0 atom stereocenters. The Kier molecular flexibility index (Phi) is 6.95. The third kappa shape index (κ3) is 5.88. The van der Waals surface area contributed by atoms with E-state index in [1.165, 1.54) is 55.3 Å². The fourth-order valence-electron chi connectivity index (χ4n) is 2.02. The van der Waals surface area contributed by atoms with Crippen LogP contribution in [0.2, 0.25) is 0 Å². The van der Waals surface area contributed by atoms with Crippen molar-refractivity contribution >= 4 is 0 Å². The Morgan fingerprint density at radius 2 is 1.76 bits per heavy atom. The van der Waals surface area contributed by atoms with Crippen LogP contribution in [0.1, 0.15) is 49.3 Å². The average molecular weight is 233 g/mol. The first-order chi connectivity index (χ1) is 8.24. The summed E-state index contributed by atoms with van der Waals surface area (Å²) in [7, 11) is 0. The molecule has 0 aromatic heterocycles. The first kappa shape index (κ1) is 14.2. The van der Waals surface area contributed by atoms with Gasteiger partial charge in [0.25, 0.3) is 0 Å². The zero-order chi connectivity index (χ0) is 12.5. The van der Waals surface area contributed by atoms with Gasteiger partial charge in [0.2, 0.25) is 0 Å². The van der Waals surface area contributed by atoms with E-state index >= 15 is 0 Å². The molecular formula is C16H27N. The molecule has 0 spiro atoms. The van der Waals surface area contributed by atoms with Crippen LogP contribution in [0, 0.1) is 13.8 Å². The van der Waals surface area contributed by atoms with E-state index in [1.807, 2.05) is 0 Å². The maximum absolute atomic E-state index is 3.45. The van der Waals surface area contributed by atoms with E-state index in [4.69, 9.17) is 0 Å². The van der Waals surface area contributed by atoms with Crippen LogP contribution in [0.4, 0.5) is 0 Å². The molecule has 1 rings (SSSR count). The van der Waals surface area contributed by atoms with Gasteiger partial charge in [-0.2, -0.15) is 0 Å². The van der Waals surface area contributed by atoms with Crippen molar-refractivity contribution in [3.05, 3.63) is 34.9 Å². The van der Waals surface area contributed by atoms with E-state index in [1.54, 1.807) is 0 Å². The van der Waals surface area contributed by atoms with Crippen LogP contribution in [-0.2, 0) is 6.42 Å². The zero-order valence-corrected chi connectivity index (χ0v) is 11.7. The first-order valence-electron chi connectivity index (χ1n) is 7.01. The predicted octanol–water partition coefficient (Wildman–Crippen LogP) is 4.02. The third-order valence-electron chi connectivity index (χ3n) is 3.32. The van der Waals surface area contributed by atoms with Gasteiger partial charge in [-0.1, -0.05) is 31.5 Å². The van der Waals surface area contributed by atoms with Crippen molar-refractivity contribution in [1.29, 1.82) is 0 Å². The Labute approximate surface area is 107 Å². The molecule has 0 saturated carbocycles. The first-order valence-corrected chi connectivity index (χ1v) is 7.01. The summed E-state index contributed by atoms with van der Waals surface area (Å²) in [6.45, 7) is 8.94. The van der Waals surface area contributed by atoms with E-state index in [0.717, 1.165) is 6.54 Å². The van der Waals surface area contributed by atoms with Gasteiger partial charge in [-0.3, -0.25) is 0 Å². The highest BCUT2D eigenvalue weighted by Crippen LogP contribution is 2.12. The number of unbranched alkanes of at least 4 members (excludes halogenated alkanes) is 2. The Morgan fingerprint density at radius 1 is 0.941 bits per heavy atom. The van der Waals surface area contributed by atoms with E-state index in [-0.39, 0.29) is 0 Å². The molecule has 1 heteroatoms. The lowest BCUT2D eigenvalue weighted by Gasteiger charge is -2.06. The molecule has 17 heavy (non-hydrogen) atoms. The van der Waals surface area contributed by atoms with Crippen molar-refractivity contribution < 1.29 is 0 Å². The molecule has 1 aromatic carbocycles. The Bertz CT molecular complexity index is 317. The van der Waals surface area contributed by atoms with E-state index in [9.17, 15) is 0 Å². The van der Waals surface area contributed by atoms with Gasteiger partial charge >= 0.3 is 0 Å². The van der Waals surface area contributed by atoms with Gasteiger partial charge in [0.15, 0.2) is 0 Å². The van der Waals surface area contributed by atoms with Crippen LogP contribution in [-0.4, -0.2) is 13.1 Å². The lowest BCUT2D eigenvalue weighted by atomic mass is 10.0. The number of hydrogen-bond donors (Lipinski definition) is 1. The summed E-state index contributed by atoms with van der Waals surface area (Å²) in [6.07, 6.45) is 6.43. The van der Waals surface area contributed by atoms with Crippen LogP contribution < -0.4 is 5.32 Å². The summed E-state index contributed by atoms with van der Waals surface area (Å²) in [5, 5.41) is 3.45. The quantitative estimate of drug-likeness (QED) is 0.669. The van der Waals surface area contributed by atoms with Gasteiger partial charge in [0, 0.05) is 0 Å². The van der Waals surface area contributed by atoms with Crippen molar-refractivity contribution in [3.8, 4) is 0 Å². The van der Waals surface area contributed by atoms with Gasteiger partial charge < -0.3 is 5.32 Å². The summed E-state index contributed by atoms with van der Waals surface area (Å²) >= 11 is 0. The van der Waals surface area contributed by atoms with Gasteiger partial charge in [-0.05, 0) is 69.3 Å². The zero-order valence-electron chi connectivity index (χ0n) is 11.7. The highest BCUT2D eigenvalue weighted by atomic mass is 14.8. The second kappa shape index (κ2) is 8.30. The predicted molar refractivity (Wildman–Crippen MR) is 76.6 cm³/mol. The highest BCUT2D eigenvalue weighted by molar-refractivity contribution is 5.29.